The van der Waals surface area contributed by atoms with Gasteiger partial charge in [-0.05, 0) is 23.3 Å². The molecule has 2 unspecified atom stereocenters. The van der Waals surface area contributed by atoms with Gasteiger partial charge in [-0.25, -0.2) is 0 Å². The number of ether oxygens (including phenoxy) is 2. The van der Waals surface area contributed by atoms with Crippen LogP contribution in [0.4, 0.5) is 0 Å². The Balaban J connectivity index is 1.72. The lowest BCUT2D eigenvalue weighted by atomic mass is 9.77. The molecule has 0 radical (unpaired) electrons. The number of aromatic nitrogens is 2. The smallest absolute Gasteiger partial charge is 0.303 e. The Morgan fingerprint density at radius 1 is 0.767 bits per heavy atom. The number of hydrogen-bond acceptors (Lipinski definition) is 6. The van der Waals surface area contributed by atoms with Crippen LogP contribution in [0.15, 0.2) is 48.8 Å². The van der Waals surface area contributed by atoms with Crippen LogP contribution in [0, 0.1) is 0 Å². The molecule has 0 aliphatic heterocycles. The van der Waals surface area contributed by atoms with Gasteiger partial charge in [0.25, 0.3) is 0 Å². The summed E-state index contributed by atoms with van der Waals surface area (Å²) in [6, 6.07) is 11.8. The lowest BCUT2D eigenvalue weighted by Gasteiger charge is -2.32. The Morgan fingerprint density at radius 2 is 1.20 bits per heavy atom. The molecule has 2 aliphatic rings. The molecule has 2 heterocycles. The lowest BCUT2D eigenvalue weighted by Crippen LogP contribution is -2.21. The van der Waals surface area contributed by atoms with Gasteiger partial charge in [0.1, 0.15) is 12.2 Å². The van der Waals surface area contributed by atoms with E-state index in [0.29, 0.717) is 12.8 Å². The molecule has 0 saturated carbocycles. The van der Waals surface area contributed by atoms with E-state index in [1.807, 2.05) is 24.3 Å². The van der Waals surface area contributed by atoms with Gasteiger partial charge in [-0.3, -0.25) is 19.6 Å². The van der Waals surface area contributed by atoms with Crippen molar-refractivity contribution < 1.29 is 19.1 Å². The van der Waals surface area contributed by atoms with Crippen molar-refractivity contribution in [2.24, 2.45) is 0 Å². The molecule has 1 aromatic carbocycles. The quantitative estimate of drug-likeness (QED) is 0.602. The second-order valence-electron chi connectivity index (χ2n) is 7.62. The number of carbonyl (C=O) groups excluding carboxylic acids is 2. The minimum Gasteiger partial charge on any atom is -0.457 e. The summed E-state index contributed by atoms with van der Waals surface area (Å²) in [6.07, 6.45) is 3.94. The van der Waals surface area contributed by atoms with Crippen molar-refractivity contribution in [1.29, 1.82) is 0 Å². The van der Waals surface area contributed by atoms with Crippen molar-refractivity contribution in [2.75, 3.05) is 0 Å². The molecule has 5 rings (SSSR count). The third-order valence-electron chi connectivity index (χ3n) is 5.65. The van der Waals surface area contributed by atoms with Gasteiger partial charge in [0.15, 0.2) is 0 Å². The van der Waals surface area contributed by atoms with Gasteiger partial charge in [-0.1, -0.05) is 24.3 Å². The standard InChI is InChI=1S/C24H20N2O4/c1-13(27)29-19-11-15-7-8-16-12-20(30-14(2)28)18-6-4-10-26-24(18)22(16)21(15)23-17(19)5-3-9-25-23/h3-10,19-20H,11-12H2,1-2H3. The van der Waals surface area contributed by atoms with Gasteiger partial charge in [0.2, 0.25) is 0 Å². The average Bonchev–Trinajstić information content (AvgIpc) is 2.73. The molecule has 2 aromatic heterocycles. The Hall–Kier alpha value is -3.54. The van der Waals surface area contributed by atoms with Crippen molar-refractivity contribution in [3.05, 3.63) is 71.0 Å². The third-order valence-corrected chi connectivity index (χ3v) is 5.65. The van der Waals surface area contributed by atoms with Crippen molar-refractivity contribution >= 4 is 11.9 Å². The highest BCUT2D eigenvalue weighted by atomic mass is 16.5. The topological polar surface area (TPSA) is 78.4 Å². The number of rotatable bonds is 2. The van der Waals surface area contributed by atoms with Crippen LogP contribution < -0.4 is 0 Å². The number of pyridine rings is 2. The Labute approximate surface area is 173 Å². The highest BCUT2D eigenvalue weighted by Gasteiger charge is 2.35. The van der Waals surface area contributed by atoms with E-state index in [2.05, 4.69) is 22.1 Å². The first-order valence-electron chi connectivity index (χ1n) is 9.92. The van der Waals surface area contributed by atoms with Gasteiger partial charge in [-0.2, -0.15) is 0 Å². The first kappa shape index (κ1) is 18.5. The predicted molar refractivity (Wildman–Crippen MR) is 109 cm³/mol. The number of nitrogens with zero attached hydrogens (tertiary/aromatic N) is 2. The van der Waals surface area contributed by atoms with Crippen LogP contribution in [0.2, 0.25) is 0 Å². The molecule has 30 heavy (non-hydrogen) atoms. The average molecular weight is 400 g/mol. The van der Waals surface area contributed by atoms with E-state index in [1.165, 1.54) is 13.8 Å². The molecule has 0 amide bonds. The monoisotopic (exact) mass is 400 g/mol. The van der Waals surface area contributed by atoms with E-state index in [-0.39, 0.29) is 24.1 Å². The molecule has 2 atom stereocenters. The molecule has 0 spiro atoms. The molecule has 0 fully saturated rings. The van der Waals surface area contributed by atoms with Gasteiger partial charge in [0, 0.05) is 61.3 Å². The molecule has 6 heteroatoms. The van der Waals surface area contributed by atoms with E-state index in [1.54, 1.807) is 12.4 Å². The van der Waals surface area contributed by atoms with E-state index in [4.69, 9.17) is 9.47 Å². The Kier molecular flexibility index (Phi) is 4.35. The van der Waals surface area contributed by atoms with Crippen LogP contribution in [-0.4, -0.2) is 21.9 Å². The van der Waals surface area contributed by atoms with Crippen LogP contribution >= 0.6 is 0 Å². The maximum atomic E-state index is 11.7. The van der Waals surface area contributed by atoms with Gasteiger partial charge < -0.3 is 9.47 Å². The minimum atomic E-state index is -0.364. The largest absolute Gasteiger partial charge is 0.457 e. The normalized spacial score (nSPS) is 18.3. The lowest BCUT2D eigenvalue weighted by molar-refractivity contribution is -0.147. The Bertz CT molecular complexity index is 1100. The fourth-order valence-electron chi connectivity index (χ4n) is 4.57. The predicted octanol–water partition coefficient (Wildman–Crippen LogP) is 4.13. The summed E-state index contributed by atoms with van der Waals surface area (Å²) in [7, 11) is 0. The first-order valence-corrected chi connectivity index (χ1v) is 9.92. The summed E-state index contributed by atoms with van der Waals surface area (Å²) in [5.74, 6) is -0.625. The van der Waals surface area contributed by atoms with Crippen molar-refractivity contribution in [2.45, 2.75) is 38.9 Å². The van der Waals surface area contributed by atoms with Crippen LogP contribution in [0.3, 0.4) is 0 Å². The summed E-state index contributed by atoms with van der Waals surface area (Å²) in [4.78, 5) is 32.6. The molecule has 0 saturated heterocycles. The van der Waals surface area contributed by atoms with Crippen LogP contribution in [0.5, 0.6) is 0 Å². The maximum Gasteiger partial charge on any atom is 0.303 e. The number of esters is 2. The zero-order valence-corrected chi connectivity index (χ0v) is 16.7. The van der Waals surface area contributed by atoms with Gasteiger partial charge in [0.05, 0.1) is 11.4 Å². The molecular weight excluding hydrogens is 380 g/mol. The Morgan fingerprint density at radius 3 is 1.60 bits per heavy atom. The van der Waals surface area contributed by atoms with Crippen molar-refractivity contribution in [1.82, 2.24) is 9.97 Å². The number of benzene rings is 1. The summed E-state index contributed by atoms with van der Waals surface area (Å²) in [6.45, 7) is 2.85. The number of carbonyl (C=O) groups is 2. The van der Waals surface area contributed by atoms with E-state index < -0.39 is 0 Å². The highest BCUT2D eigenvalue weighted by molar-refractivity contribution is 5.90. The van der Waals surface area contributed by atoms with E-state index in [0.717, 1.165) is 44.8 Å². The molecular formula is C24H20N2O4. The summed E-state index contributed by atoms with van der Waals surface area (Å²) in [5, 5.41) is 0. The first-order chi connectivity index (χ1) is 14.5. The fraction of sp³-hybridized carbons (Fsp3) is 0.250. The number of hydrogen-bond donors (Lipinski definition) is 0. The molecule has 6 nitrogen and oxygen atoms in total. The maximum absolute atomic E-state index is 11.7. The van der Waals surface area contributed by atoms with E-state index in [9.17, 15) is 9.59 Å². The summed E-state index contributed by atoms with van der Waals surface area (Å²) >= 11 is 0. The summed E-state index contributed by atoms with van der Waals surface area (Å²) in [5.41, 5.74) is 7.58. The molecule has 2 aliphatic carbocycles. The van der Waals surface area contributed by atoms with Crippen LogP contribution in [-0.2, 0) is 31.9 Å². The van der Waals surface area contributed by atoms with Gasteiger partial charge >= 0.3 is 11.9 Å². The second kappa shape index (κ2) is 7.06. The van der Waals surface area contributed by atoms with Crippen molar-refractivity contribution in [3.63, 3.8) is 0 Å². The summed E-state index contributed by atoms with van der Waals surface area (Å²) < 4.78 is 11.2. The molecule has 3 aromatic rings. The number of fused-ring (bicyclic) bond motifs is 7. The zero-order valence-electron chi connectivity index (χ0n) is 16.7. The van der Waals surface area contributed by atoms with Crippen LogP contribution in [0.1, 0.15) is 48.3 Å². The van der Waals surface area contributed by atoms with Crippen LogP contribution in [0.25, 0.3) is 22.5 Å². The molecule has 150 valence electrons. The third kappa shape index (κ3) is 2.96. The minimum absolute atomic E-state index is 0.313. The highest BCUT2D eigenvalue weighted by Crippen LogP contribution is 2.49. The fourth-order valence-corrected chi connectivity index (χ4v) is 4.57. The van der Waals surface area contributed by atoms with E-state index >= 15 is 0 Å². The van der Waals surface area contributed by atoms with Crippen molar-refractivity contribution in [3.8, 4) is 22.5 Å². The SMILES string of the molecule is CC(=O)OC1Cc2ccc3c(c2-c2ncccc21)-c1ncccc1C(OC(C)=O)C3. The zero-order chi connectivity index (χ0) is 20.8. The van der Waals surface area contributed by atoms with Gasteiger partial charge in [-0.15, -0.1) is 0 Å². The molecule has 0 N–H and O–H groups in total. The second-order valence-corrected chi connectivity index (χ2v) is 7.62. The molecule has 0 bridgehead atoms.